The van der Waals surface area contributed by atoms with E-state index in [1.807, 2.05) is 0 Å². The van der Waals surface area contributed by atoms with Gasteiger partial charge >= 0.3 is 0 Å². The molecule has 3 fully saturated rings. The highest BCUT2D eigenvalue weighted by molar-refractivity contribution is 5.00. The summed E-state index contributed by atoms with van der Waals surface area (Å²) in [6.45, 7) is 2.80. The van der Waals surface area contributed by atoms with Gasteiger partial charge in [-0.15, -0.1) is 0 Å². The molecule has 0 amide bonds. The summed E-state index contributed by atoms with van der Waals surface area (Å²) in [5.41, 5.74) is 5.78. The molecule has 2 saturated heterocycles. The average molecular weight is 196 g/mol. The number of nitrogens with two attached hydrogens (primary N) is 1. The van der Waals surface area contributed by atoms with Gasteiger partial charge in [-0.3, -0.25) is 4.90 Å². The molecule has 0 aromatic carbocycles. The van der Waals surface area contributed by atoms with E-state index in [0.29, 0.717) is 12.1 Å². The zero-order valence-corrected chi connectivity index (χ0v) is 8.69. The lowest BCUT2D eigenvalue weighted by Gasteiger charge is -2.49. The highest BCUT2D eigenvalue weighted by Gasteiger charge is 2.46. The fourth-order valence-corrected chi connectivity index (χ4v) is 3.42. The third-order valence-corrected chi connectivity index (χ3v) is 4.36. The van der Waals surface area contributed by atoms with Crippen LogP contribution in [0.1, 0.15) is 25.7 Å². The molecule has 1 saturated carbocycles. The number of ether oxygens (including phenoxy) is 1. The number of hydrogen-bond acceptors (Lipinski definition) is 3. The quantitative estimate of drug-likeness (QED) is 0.702. The van der Waals surface area contributed by atoms with Gasteiger partial charge < -0.3 is 10.5 Å². The molecule has 2 aliphatic heterocycles. The van der Waals surface area contributed by atoms with Crippen molar-refractivity contribution in [2.24, 2.45) is 11.7 Å². The number of rotatable bonds is 2. The molecule has 0 spiro atoms. The Morgan fingerprint density at radius 2 is 1.79 bits per heavy atom. The van der Waals surface area contributed by atoms with Crippen LogP contribution in [-0.4, -0.2) is 42.8 Å². The maximum absolute atomic E-state index is 5.78. The number of fused-ring (bicyclic) bond motifs is 2. The molecule has 2 heterocycles. The second-order valence-corrected chi connectivity index (χ2v) is 5.01. The van der Waals surface area contributed by atoms with Gasteiger partial charge in [-0.2, -0.15) is 0 Å². The Kier molecular flexibility index (Phi) is 2.26. The minimum absolute atomic E-state index is 0.716. The summed E-state index contributed by atoms with van der Waals surface area (Å²) in [7, 11) is 0. The molecule has 4 unspecified atom stereocenters. The van der Waals surface area contributed by atoms with Crippen LogP contribution in [0.2, 0.25) is 0 Å². The van der Waals surface area contributed by atoms with Crippen molar-refractivity contribution in [2.75, 3.05) is 19.8 Å². The fraction of sp³-hybridized carbons (Fsp3) is 1.00. The van der Waals surface area contributed by atoms with Crippen molar-refractivity contribution in [3.8, 4) is 0 Å². The molecule has 80 valence electrons. The first kappa shape index (κ1) is 9.13. The smallest absolute Gasteiger partial charge is 0.0622 e. The molecule has 2 bridgehead atoms. The minimum Gasteiger partial charge on any atom is -0.378 e. The highest BCUT2D eigenvalue weighted by Crippen LogP contribution is 2.40. The first-order chi connectivity index (χ1) is 6.90. The average Bonchev–Trinajstić information content (AvgIpc) is 2.41. The van der Waals surface area contributed by atoms with Gasteiger partial charge in [-0.1, -0.05) is 0 Å². The van der Waals surface area contributed by atoms with Crippen LogP contribution < -0.4 is 5.73 Å². The van der Waals surface area contributed by atoms with E-state index in [4.69, 9.17) is 10.5 Å². The van der Waals surface area contributed by atoms with E-state index in [9.17, 15) is 0 Å². The zero-order chi connectivity index (χ0) is 9.54. The monoisotopic (exact) mass is 196 g/mol. The third kappa shape index (κ3) is 1.23. The van der Waals surface area contributed by atoms with Gasteiger partial charge in [0.2, 0.25) is 0 Å². The predicted octanol–water partition coefficient (Wildman–Crippen LogP) is 0.587. The van der Waals surface area contributed by atoms with Gasteiger partial charge in [-0.25, -0.2) is 0 Å². The second-order valence-electron chi connectivity index (χ2n) is 5.01. The highest BCUT2D eigenvalue weighted by atomic mass is 16.5. The van der Waals surface area contributed by atoms with Crippen molar-refractivity contribution in [3.05, 3.63) is 0 Å². The Bertz CT molecular complexity index is 203. The standard InChI is InChI=1S/C11H20N2O/c12-5-8-1-4-11(8)13-9-2-3-10(13)7-14-6-9/h8-11H,1-7,12H2. The molecule has 3 aliphatic rings. The summed E-state index contributed by atoms with van der Waals surface area (Å²) in [6, 6.07) is 2.22. The van der Waals surface area contributed by atoms with Gasteiger partial charge in [0.1, 0.15) is 0 Å². The van der Waals surface area contributed by atoms with Crippen molar-refractivity contribution in [1.29, 1.82) is 0 Å². The SMILES string of the molecule is NCC1CCC1N1C2CCC1COC2. The van der Waals surface area contributed by atoms with E-state index in [1.54, 1.807) is 0 Å². The lowest BCUT2D eigenvalue weighted by molar-refractivity contribution is -0.0706. The van der Waals surface area contributed by atoms with Crippen LogP contribution in [0.15, 0.2) is 0 Å². The van der Waals surface area contributed by atoms with Crippen LogP contribution >= 0.6 is 0 Å². The molecule has 14 heavy (non-hydrogen) atoms. The molecule has 2 N–H and O–H groups in total. The predicted molar refractivity (Wildman–Crippen MR) is 55.0 cm³/mol. The van der Waals surface area contributed by atoms with E-state index in [0.717, 1.165) is 31.7 Å². The minimum atomic E-state index is 0.716. The number of hydrogen-bond donors (Lipinski definition) is 1. The lowest BCUT2D eigenvalue weighted by atomic mass is 9.77. The van der Waals surface area contributed by atoms with Gasteiger partial charge in [-0.05, 0) is 38.1 Å². The van der Waals surface area contributed by atoms with Crippen LogP contribution in [0, 0.1) is 5.92 Å². The Morgan fingerprint density at radius 3 is 2.29 bits per heavy atom. The first-order valence-electron chi connectivity index (χ1n) is 5.95. The van der Waals surface area contributed by atoms with Gasteiger partial charge in [0.05, 0.1) is 13.2 Å². The van der Waals surface area contributed by atoms with Crippen LogP contribution in [0.3, 0.4) is 0 Å². The van der Waals surface area contributed by atoms with Crippen molar-refractivity contribution >= 4 is 0 Å². The largest absolute Gasteiger partial charge is 0.378 e. The normalized spacial score (nSPS) is 47.8. The third-order valence-electron chi connectivity index (χ3n) is 4.36. The molecule has 1 aliphatic carbocycles. The maximum Gasteiger partial charge on any atom is 0.0622 e. The Labute approximate surface area is 85.6 Å². The van der Waals surface area contributed by atoms with E-state index in [2.05, 4.69) is 4.90 Å². The van der Waals surface area contributed by atoms with Gasteiger partial charge in [0.15, 0.2) is 0 Å². The van der Waals surface area contributed by atoms with Gasteiger partial charge in [0.25, 0.3) is 0 Å². The molecule has 0 aromatic rings. The summed E-state index contributed by atoms with van der Waals surface area (Å²) in [5, 5.41) is 0. The number of nitrogens with zero attached hydrogens (tertiary/aromatic N) is 1. The molecule has 3 heteroatoms. The lowest BCUT2D eigenvalue weighted by Crippen LogP contribution is -2.58. The Balaban J connectivity index is 1.72. The Hall–Kier alpha value is -0.120. The van der Waals surface area contributed by atoms with Crippen LogP contribution in [0.4, 0.5) is 0 Å². The number of morpholine rings is 1. The molecular formula is C11H20N2O. The summed E-state index contributed by atoms with van der Waals surface area (Å²) in [5.74, 6) is 0.774. The van der Waals surface area contributed by atoms with Crippen molar-refractivity contribution in [2.45, 2.75) is 43.8 Å². The first-order valence-corrected chi connectivity index (χ1v) is 5.95. The molecule has 3 nitrogen and oxygen atoms in total. The van der Waals surface area contributed by atoms with Crippen LogP contribution in [-0.2, 0) is 4.74 Å². The van der Waals surface area contributed by atoms with E-state index in [-0.39, 0.29) is 0 Å². The van der Waals surface area contributed by atoms with Crippen molar-refractivity contribution < 1.29 is 4.74 Å². The van der Waals surface area contributed by atoms with Crippen molar-refractivity contribution in [3.63, 3.8) is 0 Å². The zero-order valence-electron chi connectivity index (χ0n) is 8.69. The second kappa shape index (κ2) is 3.47. The Morgan fingerprint density at radius 1 is 1.07 bits per heavy atom. The van der Waals surface area contributed by atoms with E-state index < -0.39 is 0 Å². The van der Waals surface area contributed by atoms with Gasteiger partial charge in [0, 0.05) is 18.1 Å². The molecule has 3 rings (SSSR count). The maximum atomic E-state index is 5.78. The molecule has 0 radical (unpaired) electrons. The summed E-state index contributed by atoms with van der Waals surface area (Å²) in [6.07, 6.45) is 5.41. The summed E-state index contributed by atoms with van der Waals surface area (Å²) >= 11 is 0. The van der Waals surface area contributed by atoms with Crippen molar-refractivity contribution in [1.82, 2.24) is 4.90 Å². The summed E-state index contributed by atoms with van der Waals surface area (Å²) < 4.78 is 5.60. The molecular weight excluding hydrogens is 176 g/mol. The summed E-state index contributed by atoms with van der Waals surface area (Å²) in [4.78, 5) is 2.74. The van der Waals surface area contributed by atoms with E-state index in [1.165, 1.54) is 25.7 Å². The van der Waals surface area contributed by atoms with Crippen LogP contribution in [0.5, 0.6) is 0 Å². The topological polar surface area (TPSA) is 38.5 Å². The fourth-order valence-electron chi connectivity index (χ4n) is 3.42. The van der Waals surface area contributed by atoms with E-state index >= 15 is 0 Å². The molecule has 0 aromatic heterocycles. The van der Waals surface area contributed by atoms with Crippen LogP contribution in [0.25, 0.3) is 0 Å². The molecule has 4 atom stereocenters.